The van der Waals surface area contributed by atoms with Gasteiger partial charge in [0.15, 0.2) is 11.5 Å². The molecule has 146 valence electrons. The van der Waals surface area contributed by atoms with E-state index in [1.165, 1.54) is 5.56 Å². The highest BCUT2D eigenvalue weighted by Crippen LogP contribution is 2.40. The summed E-state index contributed by atoms with van der Waals surface area (Å²) in [4.78, 5) is 26.5. The molecule has 6 nitrogen and oxygen atoms in total. The Balaban J connectivity index is 1.31. The Kier molecular flexibility index (Phi) is 5.71. The van der Waals surface area contributed by atoms with Gasteiger partial charge in [-0.05, 0) is 36.2 Å². The van der Waals surface area contributed by atoms with Gasteiger partial charge in [0, 0.05) is 29.7 Å². The van der Waals surface area contributed by atoms with Gasteiger partial charge in [0.1, 0.15) is 0 Å². The van der Waals surface area contributed by atoms with Crippen molar-refractivity contribution in [2.75, 3.05) is 32.2 Å². The monoisotopic (exact) mass is 398 g/mol. The van der Waals surface area contributed by atoms with Crippen molar-refractivity contribution in [2.45, 2.75) is 11.7 Å². The van der Waals surface area contributed by atoms with E-state index in [9.17, 15) is 9.59 Å². The Hall–Kier alpha value is -2.67. The molecule has 1 unspecified atom stereocenters. The van der Waals surface area contributed by atoms with Crippen LogP contribution in [0.5, 0.6) is 11.5 Å². The fourth-order valence-electron chi connectivity index (χ4n) is 3.36. The summed E-state index contributed by atoms with van der Waals surface area (Å²) in [6.07, 6.45) is 0.864. The highest BCUT2D eigenvalue weighted by Gasteiger charge is 2.24. The fourth-order valence-corrected chi connectivity index (χ4v) is 4.58. The van der Waals surface area contributed by atoms with Crippen LogP contribution in [0, 0.1) is 0 Å². The van der Waals surface area contributed by atoms with E-state index >= 15 is 0 Å². The molecule has 0 bridgehead atoms. The molecule has 4 rings (SSSR count). The van der Waals surface area contributed by atoms with Gasteiger partial charge in [-0.15, -0.1) is 0 Å². The van der Waals surface area contributed by atoms with Crippen LogP contribution in [-0.4, -0.2) is 48.9 Å². The standard InChI is InChI=1S/C21H22N2O4S/c24-20(13-22-21(25)15-4-2-1-3-5-15)23-9-8-19(28-11-10-23)16-6-7-17-18(12-16)27-14-26-17/h1-7,12,19H,8-11,13-14H2,(H,22,25). The Morgan fingerprint density at radius 3 is 2.75 bits per heavy atom. The molecule has 2 aliphatic rings. The maximum absolute atomic E-state index is 12.5. The summed E-state index contributed by atoms with van der Waals surface area (Å²) in [6, 6.07) is 15.0. The lowest BCUT2D eigenvalue weighted by Gasteiger charge is -2.20. The number of nitrogens with one attached hydrogen (secondary N) is 1. The summed E-state index contributed by atoms with van der Waals surface area (Å²) in [5.41, 5.74) is 1.76. The quantitative estimate of drug-likeness (QED) is 0.858. The lowest BCUT2D eigenvalue weighted by Crippen LogP contribution is -2.41. The van der Waals surface area contributed by atoms with Gasteiger partial charge in [0.2, 0.25) is 12.7 Å². The van der Waals surface area contributed by atoms with E-state index in [0.29, 0.717) is 23.9 Å². The van der Waals surface area contributed by atoms with Crippen LogP contribution in [0.2, 0.25) is 0 Å². The first-order chi connectivity index (χ1) is 13.7. The highest BCUT2D eigenvalue weighted by atomic mass is 32.2. The molecule has 2 aromatic rings. The van der Waals surface area contributed by atoms with Crippen molar-refractivity contribution in [1.29, 1.82) is 0 Å². The van der Waals surface area contributed by atoms with E-state index in [-0.39, 0.29) is 25.2 Å². The van der Waals surface area contributed by atoms with Crippen molar-refractivity contribution in [3.05, 3.63) is 59.7 Å². The minimum atomic E-state index is -0.226. The summed E-state index contributed by atoms with van der Waals surface area (Å²) >= 11 is 1.85. The Morgan fingerprint density at radius 2 is 1.89 bits per heavy atom. The summed E-state index contributed by atoms with van der Waals surface area (Å²) < 4.78 is 10.9. The van der Waals surface area contributed by atoms with Crippen molar-refractivity contribution in [2.24, 2.45) is 0 Å². The van der Waals surface area contributed by atoms with Crippen LogP contribution in [0.1, 0.15) is 27.6 Å². The van der Waals surface area contributed by atoms with Gasteiger partial charge >= 0.3 is 0 Å². The topological polar surface area (TPSA) is 67.9 Å². The number of fused-ring (bicyclic) bond motifs is 1. The first-order valence-electron chi connectivity index (χ1n) is 9.33. The van der Waals surface area contributed by atoms with E-state index in [4.69, 9.17) is 9.47 Å². The molecular formula is C21H22N2O4S. The van der Waals surface area contributed by atoms with Crippen molar-refractivity contribution < 1.29 is 19.1 Å². The van der Waals surface area contributed by atoms with Gasteiger partial charge in [-0.3, -0.25) is 9.59 Å². The molecule has 2 amide bonds. The number of hydrogen-bond donors (Lipinski definition) is 1. The first kappa shape index (κ1) is 18.7. The average molecular weight is 398 g/mol. The van der Waals surface area contributed by atoms with Crippen molar-refractivity contribution in [3.8, 4) is 11.5 Å². The van der Waals surface area contributed by atoms with Crippen LogP contribution < -0.4 is 14.8 Å². The molecule has 0 radical (unpaired) electrons. The van der Waals surface area contributed by atoms with Gasteiger partial charge in [-0.2, -0.15) is 11.8 Å². The third-order valence-corrected chi connectivity index (χ3v) is 6.23. The van der Waals surface area contributed by atoms with Crippen molar-refractivity contribution >= 4 is 23.6 Å². The SMILES string of the molecule is O=C(NCC(=O)N1CCSC(c2ccc3c(c2)OCO3)CC1)c1ccccc1. The number of nitrogens with zero attached hydrogens (tertiary/aromatic N) is 1. The number of ether oxygens (including phenoxy) is 2. The Labute approximate surface area is 168 Å². The number of thioether (sulfide) groups is 1. The molecule has 0 saturated carbocycles. The van der Waals surface area contributed by atoms with Gasteiger partial charge in [-0.25, -0.2) is 0 Å². The second kappa shape index (κ2) is 8.56. The minimum Gasteiger partial charge on any atom is -0.454 e. The zero-order valence-electron chi connectivity index (χ0n) is 15.4. The number of amides is 2. The number of carbonyl (C=O) groups is 2. The van der Waals surface area contributed by atoms with Crippen LogP contribution in [-0.2, 0) is 4.79 Å². The van der Waals surface area contributed by atoms with Gasteiger partial charge < -0.3 is 19.7 Å². The predicted octanol–water partition coefficient (Wildman–Crippen LogP) is 2.85. The predicted molar refractivity (Wildman–Crippen MR) is 108 cm³/mol. The molecule has 0 aliphatic carbocycles. The normalized spacial score (nSPS) is 18.4. The number of benzene rings is 2. The number of carbonyl (C=O) groups excluding carboxylic acids is 2. The molecular weight excluding hydrogens is 376 g/mol. The van der Waals surface area contributed by atoms with Gasteiger partial charge in [0.05, 0.1) is 6.54 Å². The van der Waals surface area contributed by atoms with E-state index in [2.05, 4.69) is 11.4 Å². The molecule has 1 fully saturated rings. The molecule has 2 aromatic carbocycles. The molecule has 0 aromatic heterocycles. The zero-order valence-corrected chi connectivity index (χ0v) is 16.2. The summed E-state index contributed by atoms with van der Waals surface area (Å²) in [7, 11) is 0. The second-order valence-electron chi connectivity index (χ2n) is 6.69. The van der Waals surface area contributed by atoms with Crippen LogP contribution in [0.25, 0.3) is 0 Å². The van der Waals surface area contributed by atoms with E-state index in [0.717, 1.165) is 23.7 Å². The first-order valence-corrected chi connectivity index (χ1v) is 10.4. The molecule has 1 saturated heterocycles. The third kappa shape index (κ3) is 4.25. The van der Waals surface area contributed by atoms with Crippen LogP contribution in [0.15, 0.2) is 48.5 Å². The summed E-state index contributed by atoms with van der Waals surface area (Å²) in [6.45, 7) is 1.65. The average Bonchev–Trinajstić information content (AvgIpc) is 3.07. The molecule has 2 heterocycles. The number of rotatable bonds is 4. The van der Waals surface area contributed by atoms with Crippen LogP contribution in [0.3, 0.4) is 0 Å². The van der Waals surface area contributed by atoms with E-state index in [1.807, 2.05) is 34.9 Å². The number of hydrogen-bond acceptors (Lipinski definition) is 5. The second-order valence-corrected chi connectivity index (χ2v) is 8.00. The maximum atomic E-state index is 12.5. The molecule has 1 N–H and O–H groups in total. The van der Waals surface area contributed by atoms with Gasteiger partial charge in [-0.1, -0.05) is 24.3 Å². The maximum Gasteiger partial charge on any atom is 0.251 e. The van der Waals surface area contributed by atoms with Gasteiger partial charge in [0.25, 0.3) is 5.91 Å². The third-order valence-electron chi connectivity index (χ3n) is 4.90. The molecule has 0 spiro atoms. The minimum absolute atomic E-state index is 0.0209. The van der Waals surface area contributed by atoms with E-state index in [1.54, 1.807) is 24.3 Å². The fraction of sp³-hybridized carbons (Fsp3) is 0.333. The smallest absolute Gasteiger partial charge is 0.251 e. The Bertz CT molecular complexity index is 859. The van der Waals surface area contributed by atoms with E-state index < -0.39 is 0 Å². The molecule has 7 heteroatoms. The summed E-state index contributed by atoms with van der Waals surface area (Å²) in [5, 5.41) is 3.03. The Morgan fingerprint density at radius 1 is 1.07 bits per heavy atom. The highest BCUT2D eigenvalue weighted by molar-refractivity contribution is 7.99. The summed E-state index contributed by atoms with van der Waals surface area (Å²) in [5.74, 6) is 2.16. The van der Waals surface area contributed by atoms with Crippen LogP contribution >= 0.6 is 11.8 Å². The largest absolute Gasteiger partial charge is 0.454 e. The van der Waals surface area contributed by atoms with Crippen molar-refractivity contribution in [1.82, 2.24) is 10.2 Å². The molecule has 1 atom stereocenters. The van der Waals surface area contributed by atoms with Crippen molar-refractivity contribution in [3.63, 3.8) is 0 Å². The zero-order chi connectivity index (χ0) is 19.3. The lowest BCUT2D eigenvalue weighted by atomic mass is 10.1. The molecule has 28 heavy (non-hydrogen) atoms. The molecule has 2 aliphatic heterocycles. The lowest BCUT2D eigenvalue weighted by molar-refractivity contribution is -0.129. The van der Waals surface area contributed by atoms with Crippen LogP contribution in [0.4, 0.5) is 0 Å².